The van der Waals surface area contributed by atoms with Crippen LogP contribution < -0.4 is 5.32 Å². The third kappa shape index (κ3) is 6.55. The maximum atomic E-state index is 12.7. The molecule has 0 saturated carbocycles. The molecule has 1 heterocycles. The lowest BCUT2D eigenvalue weighted by Crippen LogP contribution is -2.46. The summed E-state index contributed by atoms with van der Waals surface area (Å²) >= 11 is 0. The van der Waals surface area contributed by atoms with Gasteiger partial charge in [0.1, 0.15) is 6.61 Å². The molecule has 0 aliphatic carbocycles. The van der Waals surface area contributed by atoms with Gasteiger partial charge in [0.2, 0.25) is 15.9 Å². The summed E-state index contributed by atoms with van der Waals surface area (Å²) in [5, 5.41) is 2.64. The molecular weight excluding hydrogens is 386 g/mol. The van der Waals surface area contributed by atoms with Crippen LogP contribution in [0.4, 0.5) is 5.69 Å². The minimum absolute atomic E-state index is 0.0207. The van der Waals surface area contributed by atoms with E-state index in [2.05, 4.69) is 10.2 Å². The van der Waals surface area contributed by atoms with Gasteiger partial charge in [-0.05, 0) is 31.3 Å². The summed E-state index contributed by atoms with van der Waals surface area (Å²) in [6.45, 7) is 2.76. The maximum absolute atomic E-state index is 12.7. The van der Waals surface area contributed by atoms with Crippen LogP contribution in [0.2, 0.25) is 0 Å². The van der Waals surface area contributed by atoms with Crippen LogP contribution >= 0.6 is 0 Å². The van der Waals surface area contributed by atoms with Gasteiger partial charge in [0.15, 0.2) is 0 Å². The van der Waals surface area contributed by atoms with Gasteiger partial charge >= 0.3 is 5.97 Å². The molecule has 1 aromatic rings. The van der Waals surface area contributed by atoms with E-state index in [-0.39, 0.29) is 30.3 Å². The molecular formula is C18H27N3O6S. The third-order valence-electron chi connectivity index (χ3n) is 4.34. The van der Waals surface area contributed by atoms with Gasteiger partial charge < -0.3 is 19.7 Å². The van der Waals surface area contributed by atoms with Crippen LogP contribution in [0.25, 0.3) is 0 Å². The van der Waals surface area contributed by atoms with Crippen LogP contribution in [0.5, 0.6) is 0 Å². The quantitative estimate of drug-likeness (QED) is 0.465. The Bertz CT molecular complexity index is 758. The highest BCUT2D eigenvalue weighted by molar-refractivity contribution is 7.89. The topological polar surface area (TPSA) is 105 Å². The van der Waals surface area contributed by atoms with Crippen molar-refractivity contribution in [3.8, 4) is 0 Å². The van der Waals surface area contributed by atoms with Gasteiger partial charge in [0.25, 0.3) is 0 Å². The Morgan fingerprint density at radius 3 is 2.29 bits per heavy atom. The smallest absolute Gasteiger partial charge is 0.306 e. The van der Waals surface area contributed by atoms with Crippen molar-refractivity contribution < 1.29 is 27.5 Å². The Morgan fingerprint density at radius 1 is 1.04 bits per heavy atom. The molecule has 1 aliphatic heterocycles. The molecule has 1 amide bonds. The summed E-state index contributed by atoms with van der Waals surface area (Å²) in [5.41, 5.74) is 0.468. The number of amides is 1. The number of nitrogens with zero attached hydrogens (tertiary/aromatic N) is 2. The van der Waals surface area contributed by atoms with Crippen molar-refractivity contribution in [3.63, 3.8) is 0 Å². The number of methoxy groups -OCH3 is 1. The molecule has 1 fully saturated rings. The molecule has 1 N–H and O–H groups in total. The normalized spacial score (nSPS) is 15.9. The van der Waals surface area contributed by atoms with E-state index in [9.17, 15) is 18.0 Å². The Balaban J connectivity index is 1.85. The number of hydrogen-bond donors (Lipinski definition) is 1. The van der Waals surface area contributed by atoms with Crippen molar-refractivity contribution in [2.75, 3.05) is 58.9 Å². The zero-order valence-electron chi connectivity index (χ0n) is 16.2. The molecule has 0 atom stereocenters. The number of piperazine rings is 1. The van der Waals surface area contributed by atoms with Gasteiger partial charge in [-0.1, -0.05) is 0 Å². The predicted molar refractivity (Wildman–Crippen MR) is 103 cm³/mol. The molecule has 1 saturated heterocycles. The number of esters is 1. The second kappa shape index (κ2) is 10.5. The van der Waals surface area contributed by atoms with E-state index in [1.165, 1.54) is 35.7 Å². The zero-order chi connectivity index (χ0) is 20.6. The first-order valence-electron chi connectivity index (χ1n) is 9.06. The second-order valence-electron chi connectivity index (χ2n) is 6.49. The van der Waals surface area contributed by atoms with Crippen LogP contribution in [0.3, 0.4) is 0 Å². The van der Waals surface area contributed by atoms with Crippen molar-refractivity contribution in [2.45, 2.75) is 17.7 Å². The largest absolute Gasteiger partial charge is 0.463 e. The predicted octanol–water partition coefficient (Wildman–Crippen LogP) is 0.531. The summed E-state index contributed by atoms with van der Waals surface area (Å²) in [7, 11) is -0.0788. The summed E-state index contributed by atoms with van der Waals surface area (Å²) in [5.74, 6) is -0.820. The molecule has 1 aromatic carbocycles. The van der Waals surface area contributed by atoms with E-state index in [1.807, 2.05) is 7.05 Å². The maximum Gasteiger partial charge on any atom is 0.306 e. The minimum atomic E-state index is -3.54. The fraction of sp³-hybridized carbons (Fsp3) is 0.556. The Hall–Kier alpha value is -2.01. The first-order chi connectivity index (χ1) is 13.3. The number of ether oxygens (including phenoxy) is 2. The SMILES string of the molecule is COCCOC(=O)CCC(=O)Nc1ccc(S(=O)(=O)N2CCN(C)CC2)cc1. The van der Waals surface area contributed by atoms with Crippen molar-refractivity contribution in [1.82, 2.24) is 9.21 Å². The van der Waals surface area contributed by atoms with E-state index in [1.54, 1.807) is 0 Å². The number of benzene rings is 1. The highest BCUT2D eigenvalue weighted by Gasteiger charge is 2.27. The fourth-order valence-corrected chi connectivity index (χ4v) is 4.06. The van der Waals surface area contributed by atoms with Crippen molar-refractivity contribution in [2.24, 2.45) is 0 Å². The number of likely N-dealkylation sites (N-methyl/N-ethyl adjacent to an activating group) is 1. The number of hydrogen-bond acceptors (Lipinski definition) is 7. The average molecular weight is 413 g/mol. The molecule has 10 heteroatoms. The molecule has 0 radical (unpaired) electrons. The molecule has 0 bridgehead atoms. The van der Waals surface area contributed by atoms with Crippen LogP contribution in [-0.4, -0.2) is 83.0 Å². The first kappa shape index (κ1) is 22.3. The van der Waals surface area contributed by atoms with Crippen LogP contribution in [0.1, 0.15) is 12.8 Å². The number of carbonyl (C=O) groups excluding carboxylic acids is 2. The highest BCUT2D eigenvalue weighted by atomic mass is 32.2. The average Bonchev–Trinajstić information content (AvgIpc) is 2.67. The monoisotopic (exact) mass is 413 g/mol. The van der Waals surface area contributed by atoms with Gasteiger partial charge in [0, 0.05) is 45.4 Å². The summed E-state index contributed by atoms with van der Waals surface area (Å²) in [6, 6.07) is 6.03. The Morgan fingerprint density at radius 2 is 1.68 bits per heavy atom. The highest BCUT2D eigenvalue weighted by Crippen LogP contribution is 2.19. The molecule has 0 unspecified atom stereocenters. The van der Waals surface area contributed by atoms with Crippen LogP contribution in [0.15, 0.2) is 29.2 Å². The summed E-state index contributed by atoms with van der Waals surface area (Å²) < 4.78 is 36.5. The van der Waals surface area contributed by atoms with E-state index in [0.29, 0.717) is 38.5 Å². The number of carbonyl (C=O) groups is 2. The van der Waals surface area contributed by atoms with E-state index in [0.717, 1.165) is 0 Å². The van der Waals surface area contributed by atoms with Gasteiger partial charge in [0.05, 0.1) is 17.9 Å². The second-order valence-corrected chi connectivity index (χ2v) is 8.43. The third-order valence-corrected chi connectivity index (χ3v) is 6.26. The van der Waals surface area contributed by atoms with Crippen molar-refractivity contribution in [3.05, 3.63) is 24.3 Å². The van der Waals surface area contributed by atoms with E-state index >= 15 is 0 Å². The minimum Gasteiger partial charge on any atom is -0.463 e. The fourth-order valence-electron chi connectivity index (χ4n) is 2.64. The van der Waals surface area contributed by atoms with Crippen LogP contribution in [-0.2, 0) is 29.1 Å². The first-order valence-corrected chi connectivity index (χ1v) is 10.5. The molecule has 9 nitrogen and oxygen atoms in total. The van der Waals surface area contributed by atoms with Gasteiger partial charge in [-0.25, -0.2) is 8.42 Å². The van der Waals surface area contributed by atoms with Crippen LogP contribution in [0, 0.1) is 0 Å². The lowest BCUT2D eigenvalue weighted by atomic mass is 10.2. The Labute approximate surface area is 165 Å². The lowest BCUT2D eigenvalue weighted by molar-refractivity contribution is -0.145. The van der Waals surface area contributed by atoms with E-state index < -0.39 is 16.0 Å². The number of nitrogens with one attached hydrogen (secondary N) is 1. The summed E-state index contributed by atoms with van der Waals surface area (Å²) in [6.07, 6.45) is -0.0570. The molecule has 2 rings (SSSR count). The molecule has 0 spiro atoms. The Kier molecular flexibility index (Phi) is 8.36. The van der Waals surface area contributed by atoms with Gasteiger partial charge in [-0.3, -0.25) is 9.59 Å². The lowest BCUT2D eigenvalue weighted by Gasteiger charge is -2.31. The standard InChI is InChI=1S/C18H27N3O6S/c1-20-9-11-21(12-10-20)28(24,25)16-5-3-15(4-6-16)19-17(22)7-8-18(23)27-14-13-26-2/h3-6H,7-14H2,1-2H3,(H,19,22). The molecule has 1 aliphatic rings. The van der Waals surface area contributed by atoms with Gasteiger partial charge in [-0.15, -0.1) is 0 Å². The van der Waals surface area contributed by atoms with Crippen molar-refractivity contribution in [1.29, 1.82) is 0 Å². The number of anilines is 1. The number of sulfonamides is 1. The van der Waals surface area contributed by atoms with Gasteiger partial charge in [-0.2, -0.15) is 4.31 Å². The summed E-state index contributed by atoms with van der Waals surface area (Å²) in [4.78, 5) is 25.7. The molecule has 0 aromatic heterocycles. The molecule has 28 heavy (non-hydrogen) atoms. The van der Waals surface area contributed by atoms with E-state index in [4.69, 9.17) is 9.47 Å². The zero-order valence-corrected chi connectivity index (χ0v) is 17.0. The molecule has 156 valence electrons. The number of rotatable bonds is 9. The van der Waals surface area contributed by atoms with Crippen molar-refractivity contribution >= 4 is 27.6 Å².